The lowest BCUT2D eigenvalue weighted by molar-refractivity contribution is -0.132. The molecule has 0 atom stereocenters. The summed E-state index contributed by atoms with van der Waals surface area (Å²) in [6, 6.07) is 10.5. The van der Waals surface area contributed by atoms with Crippen molar-refractivity contribution in [3.8, 4) is 29.4 Å². The van der Waals surface area contributed by atoms with Gasteiger partial charge < -0.3 is 20.3 Å². The van der Waals surface area contributed by atoms with Gasteiger partial charge in [0.2, 0.25) is 0 Å². The number of rotatable bonds is 4. The number of ether oxygens (including phenoxy) is 2. The lowest BCUT2D eigenvalue weighted by Crippen LogP contribution is -2.40. The van der Waals surface area contributed by atoms with E-state index in [-0.39, 0.29) is 18.4 Å². The number of aliphatic hydroxyl groups is 1. The molecule has 1 fully saturated rings. The van der Waals surface area contributed by atoms with Crippen LogP contribution in [0.4, 0.5) is 0 Å². The van der Waals surface area contributed by atoms with Crippen LogP contribution in [0.1, 0.15) is 36.8 Å². The van der Waals surface area contributed by atoms with Gasteiger partial charge in [0.25, 0.3) is 0 Å². The number of esters is 1. The highest BCUT2D eigenvalue weighted by molar-refractivity contribution is 5.74. The van der Waals surface area contributed by atoms with E-state index in [9.17, 15) is 9.90 Å². The molecule has 1 aromatic heterocycles. The van der Waals surface area contributed by atoms with Crippen LogP contribution in [0.15, 0.2) is 42.7 Å². The molecule has 1 aromatic carbocycles. The van der Waals surface area contributed by atoms with Crippen molar-refractivity contribution in [2.75, 3.05) is 6.54 Å². The van der Waals surface area contributed by atoms with Gasteiger partial charge in [-0.25, -0.2) is 0 Å². The molecule has 2 aromatic rings. The third-order valence-corrected chi connectivity index (χ3v) is 4.61. The van der Waals surface area contributed by atoms with Gasteiger partial charge in [-0.15, -0.1) is 0 Å². The smallest absolute Gasteiger partial charge is 0.325 e. The first kappa shape index (κ1) is 20.3. The molecule has 0 saturated heterocycles. The fraction of sp³-hybridized carbons (Fsp3) is 0.318. The molecule has 7 nitrogen and oxygen atoms in total. The Morgan fingerprint density at radius 3 is 2.59 bits per heavy atom. The minimum atomic E-state index is -0.767. The van der Waals surface area contributed by atoms with Gasteiger partial charge in [-0.3, -0.25) is 9.78 Å². The van der Waals surface area contributed by atoms with Crippen LogP contribution in [-0.2, 0) is 4.79 Å². The fourth-order valence-electron chi connectivity index (χ4n) is 3.05. The molecule has 1 heterocycles. The average Bonchev–Trinajstić information content (AvgIpc) is 2.75. The molecule has 3 N–H and O–H groups in total. The summed E-state index contributed by atoms with van der Waals surface area (Å²) in [7, 11) is 0. The quantitative estimate of drug-likeness (QED) is 0.604. The number of pyridine rings is 1. The fourth-order valence-corrected chi connectivity index (χ4v) is 3.05. The maximum Gasteiger partial charge on any atom is 0.325 e. The highest BCUT2D eigenvalue weighted by Gasteiger charge is 2.35. The topological polar surface area (TPSA) is 118 Å². The molecule has 3 rings (SSSR count). The molecule has 148 valence electrons. The van der Waals surface area contributed by atoms with Crippen molar-refractivity contribution in [3.63, 3.8) is 0 Å². The molecule has 7 heteroatoms. The summed E-state index contributed by atoms with van der Waals surface area (Å²) in [4.78, 5) is 15.4. The van der Waals surface area contributed by atoms with E-state index in [1.807, 2.05) is 0 Å². The summed E-state index contributed by atoms with van der Waals surface area (Å²) in [5.41, 5.74) is 5.61. The predicted octanol–water partition coefficient (Wildman–Crippen LogP) is 1.92. The summed E-state index contributed by atoms with van der Waals surface area (Å²) in [6.07, 6.45) is 4.91. The molecule has 0 amide bonds. The Bertz CT molecular complexity index is 962. The molecule has 1 aliphatic carbocycles. The first-order chi connectivity index (χ1) is 14.0. The van der Waals surface area contributed by atoms with Crippen molar-refractivity contribution < 1.29 is 19.4 Å². The van der Waals surface area contributed by atoms with Crippen LogP contribution in [0.3, 0.4) is 0 Å². The Balaban J connectivity index is 1.84. The molecule has 29 heavy (non-hydrogen) atoms. The summed E-state index contributed by atoms with van der Waals surface area (Å²) >= 11 is 0. The summed E-state index contributed by atoms with van der Waals surface area (Å²) in [5, 5.41) is 18.8. The monoisotopic (exact) mass is 391 g/mol. The van der Waals surface area contributed by atoms with Crippen LogP contribution in [0.5, 0.6) is 11.5 Å². The lowest BCUT2D eigenvalue weighted by atomic mass is 9.83. The van der Waals surface area contributed by atoms with Crippen LogP contribution in [-0.4, -0.2) is 34.3 Å². The van der Waals surface area contributed by atoms with E-state index in [2.05, 4.69) is 22.9 Å². The van der Waals surface area contributed by atoms with E-state index in [0.29, 0.717) is 42.6 Å². The van der Waals surface area contributed by atoms with Gasteiger partial charge in [0.1, 0.15) is 11.5 Å². The Hall–Kier alpha value is -3.39. The summed E-state index contributed by atoms with van der Waals surface area (Å²) in [5.74, 6) is 6.57. The van der Waals surface area contributed by atoms with Gasteiger partial charge in [-0.2, -0.15) is 5.26 Å². The van der Waals surface area contributed by atoms with Crippen molar-refractivity contribution in [3.05, 3.63) is 53.9 Å². The number of hydrogen-bond donors (Lipinski definition) is 2. The third-order valence-electron chi connectivity index (χ3n) is 4.61. The molecule has 0 spiro atoms. The summed E-state index contributed by atoms with van der Waals surface area (Å²) < 4.78 is 11.3. The largest absolute Gasteiger partial charge is 0.475 e. The Morgan fingerprint density at radius 1 is 1.21 bits per heavy atom. The average molecular weight is 391 g/mol. The zero-order valence-corrected chi connectivity index (χ0v) is 15.8. The van der Waals surface area contributed by atoms with Crippen LogP contribution < -0.4 is 15.2 Å². The molecule has 1 saturated carbocycles. The second kappa shape index (κ2) is 9.20. The maximum atomic E-state index is 11.4. The van der Waals surface area contributed by atoms with Gasteiger partial charge in [0.05, 0.1) is 30.5 Å². The van der Waals surface area contributed by atoms with E-state index < -0.39 is 11.6 Å². The number of hydrogen-bond acceptors (Lipinski definition) is 7. The second-order valence-electron chi connectivity index (χ2n) is 6.80. The molecule has 0 bridgehead atoms. The van der Waals surface area contributed by atoms with E-state index in [1.54, 1.807) is 36.5 Å². The van der Waals surface area contributed by atoms with Crippen LogP contribution in [0.2, 0.25) is 0 Å². The number of carbonyl (C=O) groups excluding carboxylic acids is 1. The van der Waals surface area contributed by atoms with Crippen LogP contribution in [0, 0.1) is 23.2 Å². The Morgan fingerprint density at radius 2 is 1.93 bits per heavy atom. The highest BCUT2D eigenvalue weighted by atomic mass is 16.5. The molecule has 0 unspecified atom stereocenters. The van der Waals surface area contributed by atoms with Crippen molar-refractivity contribution in [2.24, 2.45) is 5.73 Å². The third kappa shape index (κ3) is 5.55. The predicted molar refractivity (Wildman–Crippen MR) is 105 cm³/mol. The zero-order chi connectivity index (χ0) is 20.7. The number of carbonyl (C=O) groups is 1. The van der Waals surface area contributed by atoms with Gasteiger partial charge in [-0.1, -0.05) is 5.92 Å². The minimum absolute atomic E-state index is 0.222. The standard InChI is InChI=1S/C22H21N3O4/c23-12-16-1-3-19(4-2-16)29-22(9-6-18(26)7-10-22)8-5-17-11-20(15-25-14-17)28-21(27)13-24/h1-4,11,14-15,18,26H,6-7,9-10,13,24H2. The van der Waals surface area contributed by atoms with Crippen molar-refractivity contribution in [1.82, 2.24) is 4.98 Å². The van der Waals surface area contributed by atoms with E-state index in [0.717, 1.165) is 0 Å². The summed E-state index contributed by atoms with van der Waals surface area (Å²) in [6.45, 7) is -0.222. The number of nitrogens with two attached hydrogens (primary N) is 1. The van der Waals surface area contributed by atoms with E-state index in [4.69, 9.17) is 20.5 Å². The molecule has 0 aliphatic heterocycles. The normalized spacial score (nSPS) is 20.7. The maximum absolute atomic E-state index is 11.4. The van der Waals surface area contributed by atoms with Crippen molar-refractivity contribution in [2.45, 2.75) is 37.4 Å². The molecular formula is C22H21N3O4. The first-order valence-corrected chi connectivity index (χ1v) is 9.28. The number of aromatic nitrogens is 1. The van der Waals surface area contributed by atoms with Crippen molar-refractivity contribution in [1.29, 1.82) is 5.26 Å². The minimum Gasteiger partial charge on any atom is -0.475 e. The van der Waals surface area contributed by atoms with Crippen LogP contribution >= 0.6 is 0 Å². The van der Waals surface area contributed by atoms with E-state index >= 15 is 0 Å². The molecular weight excluding hydrogens is 370 g/mol. The molecule has 1 aliphatic rings. The van der Waals surface area contributed by atoms with Crippen molar-refractivity contribution >= 4 is 5.97 Å². The molecule has 0 radical (unpaired) electrons. The SMILES string of the molecule is N#Cc1ccc(OC2(C#Cc3cncc(OC(=O)CN)c3)CCC(O)CC2)cc1. The lowest BCUT2D eigenvalue weighted by Gasteiger charge is -2.35. The number of benzene rings is 1. The van der Waals surface area contributed by atoms with Gasteiger partial charge in [0, 0.05) is 24.6 Å². The highest BCUT2D eigenvalue weighted by Crippen LogP contribution is 2.33. The van der Waals surface area contributed by atoms with E-state index in [1.165, 1.54) is 6.20 Å². The number of nitriles is 1. The first-order valence-electron chi connectivity index (χ1n) is 9.28. The van der Waals surface area contributed by atoms with Crippen LogP contribution in [0.25, 0.3) is 0 Å². The second-order valence-corrected chi connectivity index (χ2v) is 6.80. The number of nitrogens with zero attached hydrogens (tertiary/aromatic N) is 2. The number of aliphatic hydroxyl groups excluding tert-OH is 1. The van der Waals surface area contributed by atoms with Gasteiger partial charge >= 0.3 is 5.97 Å². The zero-order valence-electron chi connectivity index (χ0n) is 15.8. The van der Waals surface area contributed by atoms with Gasteiger partial charge in [-0.05, 0) is 49.1 Å². The Kier molecular flexibility index (Phi) is 6.46. The Labute approximate surface area is 169 Å². The van der Waals surface area contributed by atoms with Gasteiger partial charge in [0.15, 0.2) is 5.60 Å².